The minimum absolute atomic E-state index is 0.496. The van der Waals surface area contributed by atoms with Crippen molar-refractivity contribution < 1.29 is 0 Å². The SMILES string of the molecule is CSNc1nccc(C=NC2CCCCC2)n1. The van der Waals surface area contributed by atoms with Crippen LogP contribution in [0.2, 0.25) is 0 Å². The number of anilines is 1. The first-order valence-corrected chi connectivity index (χ1v) is 7.26. The highest BCUT2D eigenvalue weighted by molar-refractivity contribution is 7.99. The van der Waals surface area contributed by atoms with Crippen molar-refractivity contribution in [3.8, 4) is 0 Å². The highest BCUT2D eigenvalue weighted by Crippen LogP contribution is 2.20. The standard InChI is InChI=1S/C12H18N4S/c1-17-16-12-13-8-7-11(15-12)9-14-10-5-3-2-4-6-10/h7-10H,2-6H2,1H3,(H,13,15,16). The van der Waals surface area contributed by atoms with Gasteiger partial charge < -0.3 is 0 Å². The maximum atomic E-state index is 4.60. The summed E-state index contributed by atoms with van der Waals surface area (Å²) in [6, 6.07) is 2.38. The molecule has 0 radical (unpaired) electrons. The van der Waals surface area contributed by atoms with E-state index < -0.39 is 0 Å². The van der Waals surface area contributed by atoms with E-state index in [1.165, 1.54) is 44.1 Å². The molecule has 0 aliphatic heterocycles. The monoisotopic (exact) mass is 250 g/mol. The first kappa shape index (κ1) is 12.4. The molecular formula is C12H18N4S. The Kier molecular flexibility index (Phi) is 4.79. The number of hydrogen-bond donors (Lipinski definition) is 1. The molecule has 1 saturated carbocycles. The smallest absolute Gasteiger partial charge is 0.233 e. The molecule has 0 spiro atoms. The molecule has 5 heteroatoms. The summed E-state index contributed by atoms with van der Waals surface area (Å²) in [5.74, 6) is 0.644. The van der Waals surface area contributed by atoms with E-state index in [-0.39, 0.29) is 0 Å². The molecule has 0 aromatic carbocycles. The predicted octanol–water partition coefficient (Wildman–Crippen LogP) is 2.92. The zero-order valence-electron chi connectivity index (χ0n) is 10.1. The van der Waals surface area contributed by atoms with Gasteiger partial charge in [0, 0.05) is 18.7 Å². The highest BCUT2D eigenvalue weighted by atomic mass is 32.2. The van der Waals surface area contributed by atoms with Crippen LogP contribution in [-0.4, -0.2) is 28.5 Å². The third-order valence-electron chi connectivity index (χ3n) is 2.86. The van der Waals surface area contributed by atoms with Crippen LogP contribution in [0.25, 0.3) is 0 Å². The Bertz CT molecular complexity index is 375. The van der Waals surface area contributed by atoms with Gasteiger partial charge in [0.25, 0.3) is 0 Å². The molecule has 0 saturated heterocycles. The second-order valence-corrected chi connectivity index (χ2v) is 4.79. The normalized spacial score (nSPS) is 17.5. The lowest BCUT2D eigenvalue weighted by atomic mass is 9.96. The largest absolute Gasteiger partial charge is 0.298 e. The molecule has 0 atom stereocenters. The van der Waals surface area contributed by atoms with Crippen LogP contribution < -0.4 is 4.72 Å². The third kappa shape index (κ3) is 4.00. The van der Waals surface area contributed by atoms with Gasteiger partial charge in [0.15, 0.2) is 0 Å². The Morgan fingerprint density at radius 1 is 1.41 bits per heavy atom. The number of nitrogens with one attached hydrogen (secondary N) is 1. The van der Waals surface area contributed by atoms with E-state index in [1.54, 1.807) is 6.20 Å². The number of hydrogen-bond acceptors (Lipinski definition) is 5. The molecule has 1 heterocycles. The van der Waals surface area contributed by atoms with Gasteiger partial charge in [-0.2, -0.15) is 0 Å². The van der Waals surface area contributed by atoms with Crippen LogP contribution >= 0.6 is 11.9 Å². The summed E-state index contributed by atoms with van der Waals surface area (Å²) in [4.78, 5) is 13.1. The molecule has 1 N–H and O–H groups in total. The molecule has 0 bridgehead atoms. The molecule has 1 aromatic heterocycles. The van der Waals surface area contributed by atoms with Gasteiger partial charge in [-0.1, -0.05) is 31.2 Å². The summed E-state index contributed by atoms with van der Waals surface area (Å²) >= 11 is 1.49. The molecule has 1 fully saturated rings. The fourth-order valence-electron chi connectivity index (χ4n) is 2.00. The van der Waals surface area contributed by atoms with Crippen LogP contribution in [0.15, 0.2) is 17.3 Å². The van der Waals surface area contributed by atoms with Gasteiger partial charge in [-0.15, -0.1) is 0 Å². The van der Waals surface area contributed by atoms with Crippen molar-refractivity contribution in [2.45, 2.75) is 38.1 Å². The summed E-state index contributed by atoms with van der Waals surface area (Å²) in [5.41, 5.74) is 0.877. The first-order valence-electron chi connectivity index (χ1n) is 6.03. The zero-order valence-corrected chi connectivity index (χ0v) is 10.9. The van der Waals surface area contributed by atoms with Gasteiger partial charge in [-0.25, -0.2) is 9.97 Å². The Morgan fingerprint density at radius 3 is 3.00 bits per heavy atom. The van der Waals surface area contributed by atoms with Crippen molar-refractivity contribution in [1.82, 2.24) is 9.97 Å². The van der Waals surface area contributed by atoms with Gasteiger partial charge in [-0.05, 0) is 18.9 Å². The Labute approximate surface area is 106 Å². The lowest BCUT2D eigenvalue weighted by Gasteiger charge is -2.16. The van der Waals surface area contributed by atoms with Gasteiger partial charge in [0.05, 0.1) is 11.7 Å². The number of aliphatic imine (C=N–C) groups is 1. The maximum absolute atomic E-state index is 4.60. The van der Waals surface area contributed by atoms with Crippen molar-refractivity contribution in [1.29, 1.82) is 0 Å². The van der Waals surface area contributed by atoms with E-state index in [0.717, 1.165) is 5.69 Å². The van der Waals surface area contributed by atoms with Crippen LogP contribution in [0.4, 0.5) is 5.95 Å². The van der Waals surface area contributed by atoms with Crippen molar-refractivity contribution in [3.63, 3.8) is 0 Å². The second-order valence-electron chi connectivity index (χ2n) is 4.18. The van der Waals surface area contributed by atoms with E-state index in [9.17, 15) is 0 Å². The van der Waals surface area contributed by atoms with E-state index in [4.69, 9.17) is 0 Å². The van der Waals surface area contributed by atoms with Gasteiger partial charge in [0.2, 0.25) is 5.95 Å². The molecule has 92 valence electrons. The summed E-state index contributed by atoms with van der Waals surface area (Å²) < 4.78 is 3.02. The summed E-state index contributed by atoms with van der Waals surface area (Å²) in [6.45, 7) is 0. The van der Waals surface area contributed by atoms with Crippen molar-refractivity contribution in [3.05, 3.63) is 18.0 Å². The molecule has 1 aliphatic carbocycles. The fourth-order valence-corrected chi connectivity index (χ4v) is 2.28. The minimum atomic E-state index is 0.496. The topological polar surface area (TPSA) is 50.2 Å². The molecule has 1 aromatic rings. The number of aromatic nitrogens is 2. The molecule has 4 nitrogen and oxygen atoms in total. The van der Waals surface area contributed by atoms with E-state index in [0.29, 0.717) is 12.0 Å². The van der Waals surface area contributed by atoms with E-state index in [1.807, 2.05) is 18.5 Å². The van der Waals surface area contributed by atoms with Crippen molar-refractivity contribution in [2.75, 3.05) is 11.0 Å². The van der Waals surface area contributed by atoms with Crippen LogP contribution in [0.1, 0.15) is 37.8 Å². The molecule has 0 unspecified atom stereocenters. The third-order valence-corrected chi connectivity index (χ3v) is 3.25. The van der Waals surface area contributed by atoms with E-state index in [2.05, 4.69) is 19.7 Å². The number of nitrogens with zero attached hydrogens (tertiary/aromatic N) is 3. The Morgan fingerprint density at radius 2 is 2.24 bits per heavy atom. The first-order chi connectivity index (χ1) is 8.38. The van der Waals surface area contributed by atoms with Crippen molar-refractivity contribution >= 4 is 24.1 Å². The molecule has 0 amide bonds. The van der Waals surface area contributed by atoms with Crippen LogP contribution in [0.5, 0.6) is 0 Å². The highest BCUT2D eigenvalue weighted by Gasteiger charge is 2.10. The predicted molar refractivity (Wildman–Crippen MR) is 73.6 cm³/mol. The average molecular weight is 250 g/mol. The maximum Gasteiger partial charge on any atom is 0.233 e. The molecule has 17 heavy (non-hydrogen) atoms. The minimum Gasteiger partial charge on any atom is -0.298 e. The lowest BCUT2D eigenvalue weighted by Crippen LogP contribution is -2.10. The van der Waals surface area contributed by atoms with Gasteiger partial charge in [-0.3, -0.25) is 9.71 Å². The van der Waals surface area contributed by atoms with Gasteiger partial charge >= 0.3 is 0 Å². The average Bonchev–Trinajstić information content (AvgIpc) is 2.39. The second kappa shape index (κ2) is 6.59. The molecule has 1 aliphatic rings. The summed E-state index contributed by atoms with van der Waals surface area (Å²) in [5, 5.41) is 0. The van der Waals surface area contributed by atoms with Gasteiger partial charge in [0.1, 0.15) is 0 Å². The lowest BCUT2D eigenvalue weighted by molar-refractivity contribution is 0.444. The molecule has 2 rings (SSSR count). The Balaban J connectivity index is 1.96. The van der Waals surface area contributed by atoms with Crippen LogP contribution in [0, 0.1) is 0 Å². The van der Waals surface area contributed by atoms with Crippen LogP contribution in [0.3, 0.4) is 0 Å². The van der Waals surface area contributed by atoms with E-state index >= 15 is 0 Å². The number of rotatable bonds is 4. The summed E-state index contributed by atoms with van der Waals surface area (Å²) in [6.07, 6.45) is 12.0. The molecular weight excluding hydrogens is 232 g/mol. The Hall–Kier alpha value is -1.10. The quantitative estimate of drug-likeness (QED) is 0.659. The summed E-state index contributed by atoms with van der Waals surface area (Å²) in [7, 11) is 0. The van der Waals surface area contributed by atoms with Crippen molar-refractivity contribution in [2.24, 2.45) is 4.99 Å². The fraction of sp³-hybridized carbons (Fsp3) is 0.583. The zero-order chi connectivity index (χ0) is 11.9. The van der Waals surface area contributed by atoms with Crippen LogP contribution in [-0.2, 0) is 0 Å².